The summed E-state index contributed by atoms with van der Waals surface area (Å²) in [4.78, 5) is 37.8. The lowest BCUT2D eigenvalue weighted by Gasteiger charge is -2.61. The van der Waals surface area contributed by atoms with E-state index in [9.17, 15) is 14.4 Å². The van der Waals surface area contributed by atoms with E-state index in [2.05, 4.69) is 48.5 Å². The normalized spacial score (nSPS) is 36.6. The molecule has 7 atom stereocenters. The van der Waals surface area contributed by atoms with E-state index in [-0.39, 0.29) is 52.6 Å². The number of ether oxygens (including phenoxy) is 3. The van der Waals surface area contributed by atoms with Crippen LogP contribution in [0, 0.1) is 28.1 Å². The molecule has 1 heterocycles. The molecule has 2 fully saturated rings. The highest BCUT2D eigenvalue weighted by molar-refractivity contribution is 5.86. The molecule has 0 spiro atoms. The largest absolute Gasteiger partial charge is 0.458 e. The van der Waals surface area contributed by atoms with Gasteiger partial charge in [-0.2, -0.15) is 0 Å². The predicted octanol–water partition coefficient (Wildman–Crippen LogP) is 7.87. The summed E-state index contributed by atoms with van der Waals surface area (Å²) in [5.74, 6) is -0.414. The molecule has 3 rings (SSSR count). The van der Waals surface area contributed by atoms with E-state index in [0.29, 0.717) is 25.9 Å². The van der Waals surface area contributed by atoms with Crippen molar-refractivity contribution in [3.05, 3.63) is 11.1 Å². The minimum Gasteiger partial charge on any atom is -0.458 e. The van der Waals surface area contributed by atoms with Gasteiger partial charge in [0.05, 0.1) is 6.61 Å². The van der Waals surface area contributed by atoms with Gasteiger partial charge in [0.1, 0.15) is 18.0 Å². The molecule has 4 unspecified atom stereocenters. The van der Waals surface area contributed by atoms with E-state index >= 15 is 0 Å². The minimum absolute atomic E-state index is 0.0454. The van der Waals surface area contributed by atoms with Gasteiger partial charge < -0.3 is 14.2 Å². The molecular weight excluding hydrogens is 492 g/mol. The number of allylic oxidation sites excluding steroid dienone is 1. The van der Waals surface area contributed by atoms with Crippen molar-refractivity contribution in [1.82, 2.24) is 0 Å². The number of ketones is 1. The number of carbonyl (C=O) groups excluding carboxylic acids is 3. The topological polar surface area (TPSA) is 78.9 Å². The first-order chi connectivity index (χ1) is 18.1. The Labute approximate surface area is 239 Å². The Kier molecular flexibility index (Phi) is 12.1. The summed E-state index contributed by atoms with van der Waals surface area (Å²) in [6, 6.07) is 0. The molecule has 0 radical (unpaired) electrons. The Balaban J connectivity index is 0.00000181. The number of carbonyl (C=O) groups is 3. The number of hydrogen-bond acceptors (Lipinski definition) is 6. The van der Waals surface area contributed by atoms with Gasteiger partial charge in [-0.15, -0.1) is 0 Å². The van der Waals surface area contributed by atoms with Gasteiger partial charge in [0, 0.05) is 31.6 Å². The van der Waals surface area contributed by atoms with Crippen LogP contribution in [-0.4, -0.2) is 42.1 Å². The second kappa shape index (κ2) is 13.3. The first kappa shape index (κ1) is 35.3. The molecule has 3 aliphatic rings. The Morgan fingerprint density at radius 1 is 0.974 bits per heavy atom. The lowest BCUT2D eigenvalue weighted by molar-refractivity contribution is -0.307. The van der Waals surface area contributed by atoms with E-state index in [1.54, 1.807) is 0 Å². The maximum atomic E-state index is 14.0. The van der Waals surface area contributed by atoms with Gasteiger partial charge in [0.15, 0.2) is 5.60 Å². The molecule has 1 saturated heterocycles. The van der Waals surface area contributed by atoms with Crippen LogP contribution in [0.15, 0.2) is 11.1 Å². The predicted molar refractivity (Wildman–Crippen MR) is 157 cm³/mol. The van der Waals surface area contributed by atoms with Crippen molar-refractivity contribution >= 4 is 17.7 Å². The fraction of sp³-hybridized carbons (Fsp3) is 0.848. The van der Waals surface area contributed by atoms with Gasteiger partial charge in [-0.1, -0.05) is 81.7 Å². The summed E-state index contributed by atoms with van der Waals surface area (Å²) in [6.45, 7) is 28.5. The summed E-state index contributed by atoms with van der Waals surface area (Å²) < 4.78 is 17.4. The lowest BCUT2D eigenvalue weighted by atomic mass is 9.51. The van der Waals surface area contributed by atoms with Crippen LogP contribution in [0.5, 0.6) is 0 Å². The van der Waals surface area contributed by atoms with Crippen molar-refractivity contribution in [3.63, 3.8) is 0 Å². The average molecular weight is 551 g/mol. The highest BCUT2D eigenvalue weighted by Gasteiger charge is 2.66. The quantitative estimate of drug-likeness (QED) is 0.237. The molecule has 0 aromatic rings. The third-order valence-corrected chi connectivity index (χ3v) is 10.8. The second-order valence-electron chi connectivity index (χ2n) is 12.4. The number of Topliss-reactive ketones (excluding diaryl/α,β-unsaturated/α-hetero) is 1. The van der Waals surface area contributed by atoms with Crippen LogP contribution < -0.4 is 0 Å². The van der Waals surface area contributed by atoms with Crippen molar-refractivity contribution in [2.45, 2.75) is 147 Å². The number of hydrogen-bond donors (Lipinski definition) is 0. The van der Waals surface area contributed by atoms with E-state index in [0.717, 1.165) is 18.4 Å². The molecule has 1 aliphatic heterocycles. The van der Waals surface area contributed by atoms with Crippen molar-refractivity contribution in [2.75, 3.05) is 6.61 Å². The summed E-state index contributed by atoms with van der Waals surface area (Å²) in [5.41, 5.74) is 0.806. The molecule has 0 aromatic carbocycles. The smallest absolute Gasteiger partial charge is 0.303 e. The molecule has 0 bridgehead atoms. The van der Waals surface area contributed by atoms with Crippen LogP contribution in [0.1, 0.15) is 129 Å². The monoisotopic (exact) mass is 550 g/mol. The maximum Gasteiger partial charge on any atom is 0.303 e. The zero-order valence-corrected chi connectivity index (χ0v) is 27.5. The minimum atomic E-state index is -0.719. The van der Waals surface area contributed by atoms with Gasteiger partial charge in [-0.25, -0.2) is 0 Å². The van der Waals surface area contributed by atoms with E-state index in [1.165, 1.54) is 19.4 Å². The van der Waals surface area contributed by atoms with Gasteiger partial charge in [0.2, 0.25) is 0 Å². The molecule has 6 nitrogen and oxygen atoms in total. The Morgan fingerprint density at radius 3 is 1.97 bits per heavy atom. The Bertz CT molecular complexity index is 919. The first-order valence-electron chi connectivity index (χ1n) is 15.3. The third-order valence-electron chi connectivity index (χ3n) is 10.8. The summed E-state index contributed by atoms with van der Waals surface area (Å²) in [7, 11) is 0. The van der Waals surface area contributed by atoms with Crippen molar-refractivity contribution in [3.8, 4) is 0 Å². The molecule has 0 amide bonds. The number of esters is 2. The zero-order chi connectivity index (χ0) is 30.6. The summed E-state index contributed by atoms with van der Waals surface area (Å²) in [5, 5.41) is 0. The standard InChI is InChI=1S/C29H46O6.2C2H6/c1-11-27(9)15-23(34-20(5)30)18(3)22(26(27,7)8)12-13-24(32)28(10)17(2)14-25-29(16-33-25,19(28)4)35-21(6)31;2*1-2/h17,19,23,25H,11-16H2,1-10H3;2*1-2H3/t17?,19-,23+,25?,27?,28?,29-;;/m1../s1. The molecule has 0 N–H and O–H groups in total. The molecule has 39 heavy (non-hydrogen) atoms. The highest BCUT2D eigenvalue weighted by Crippen LogP contribution is 2.59. The molecular formula is C33H58O6. The Morgan fingerprint density at radius 2 is 1.54 bits per heavy atom. The van der Waals surface area contributed by atoms with Crippen molar-refractivity contribution in [1.29, 1.82) is 0 Å². The van der Waals surface area contributed by atoms with Crippen molar-refractivity contribution in [2.24, 2.45) is 28.1 Å². The molecule has 226 valence electrons. The zero-order valence-electron chi connectivity index (χ0n) is 27.5. The number of fused-ring (bicyclic) bond motifs is 1. The molecule has 6 heteroatoms. The van der Waals surface area contributed by atoms with Gasteiger partial charge in [-0.05, 0) is 54.9 Å². The molecule has 2 aliphatic carbocycles. The summed E-state index contributed by atoms with van der Waals surface area (Å²) >= 11 is 0. The van der Waals surface area contributed by atoms with Crippen LogP contribution in [0.25, 0.3) is 0 Å². The van der Waals surface area contributed by atoms with Crippen LogP contribution in [0.2, 0.25) is 0 Å². The van der Waals surface area contributed by atoms with Crippen LogP contribution in [0.3, 0.4) is 0 Å². The second-order valence-corrected chi connectivity index (χ2v) is 12.4. The lowest BCUT2D eigenvalue weighted by Crippen LogP contribution is -2.72. The molecule has 1 saturated carbocycles. The van der Waals surface area contributed by atoms with Gasteiger partial charge in [0.25, 0.3) is 0 Å². The fourth-order valence-electron chi connectivity index (χ4n) is 7.31. The Hall–Kier alpha value is -1.69. The van der Waals surface area contributed by atoms with E-state index < -0.39 is 11.0 Å². The highest BCUT2D eigenvalue weighted by atomic mass is 16.6. The fourth-order valence-corrected chi connectivity index (χ4v) is 7.31. The van der Waals surface area contributed by atoms with E-state index in [1.807, 2.05) is 34.6 Å². The maximum absolute atomic E-state index is 14.0. The SMILES string of the molecule is CC.CC.CCC1(C)C[C@H](OC(C)=O)C(C)=C(CCC(=O)C2(C)C(C)CC3OC[C@@]3(OC(C)=O)[C@@H]2C)C1(C)C. The molecule has 0 aromatic heterocycles. The average Bonchev–Trinajstić information content (AvgIpc) is 2.88. The number of rotatable bonds is 7. The van der Waals surface area contributed by atoms with Crippen molar-refractivity contribution < 1.29 is 28.6 Å². The van der Waals surface area contributed by atoms with Crippen LogP contribution in [0.4, 0.5) is 0 Å². The van der Waals surface area contributed by atoms with Gasteiger partial charge >= 0.3 is 11.9 Å². The van der Waals surface area contributed by atoms with Gasteiger partial charge in [-0.3, -0.25) is 14.4 Å². The van der Waals surface area contributed by atoms with Crippen LogP contribution >= 0.6 is 0 Å². The first-order valence-corrected chi connectivity index (χ1v) is 15.3. The van der Waals surface area contributed by atoms with Crippen LogP contribution in [-0.2, 0) is 28.6 Å². The third kappa shape index (κ3) is 6.16. The van der Waals surface area contributed by atoms with E-state index in [4.69, 9.17) is 14.2 Å². The summed E-state index contributed by atoms with van der Waals surface area (Å²) in [6.07, 6.45) is 3.11.